The quantitative estimate of drug-likeness (QED) is 0.922. The smallest absolute Gasteiger partial charge is 0.263 e. The highest BCUT2D eigenvalue weighted by molar-refractivity contribution is 5.82. The molecule has 2 rings (SSSR count). The van der Waals surface area contributed by atoms with Crippen molar-refractivity contribution in [2.75, 3.05) is 13.1 Å². The number of primary amides is 1. The number of nitrogens with two attached hydrogens (primary N) is 1. The van der Waals surface area contributed by atoms with Gasteiger partial charge in [-0.2, -0.15) is 0 Å². The van der Waals surface area contributed by atoms with Crippen LogP contribution in [0.3, 0.4) is 0 Å². The third kappa shape index (κ3) is 3.59. The van der Waals surface area contributed by atoms with Crippen LogP contribution in [0.2, 0.25) is 0 Å². The number of carbonyl (C=O) groups excluding carboxylic acids is 2. The summed E-state index contributed by atoms with van der Waals surface area (Å²) in [5.74, 6) is 0.322. The molecule has 1 aliphatic rings. The van der Waals surface area contributed by atoms with Crippen LogP contribution in [0, 0.1) is 19.8 Å². The lowest BCUT2D eigenvalue weighted by atomic mass is 9.96. The second kappa shape index (κ2) is 6.81. The monoisotopic (exact) mass is 304 g/mol. The maximum absolute atomic E-state index is 12.5. The van der Waals surface area contributed by atoms with Crippen LogP contribution in [0.1, 0.15) is 30.9 Å². The molecule has 1 saturated heterocycles. The van der Waals surface area contributed by atoms with Crippen molar-refractivity contribution in [1.29, 1.82) is 0 Å². The van der Waals surface area contributed by atoms with Gasteiger partial charge < -0.3 is 15.4 Å². The zero-order valence-electron chi connectivity index (χ0n) is 13.5. The van der Waals surface area contributed by atoms with Crippen molar-refractivity contribution >= 4 is 11.8 Å². The predicted molar refractivity (Wildman–Crippen MR) is 84.5 cm³/mol. The molecule has 0 aromatic heterocycles. The van der Waals surface area contributed by atoms with Crippen molar-refractivity contribution in [3.63, 3.8) is 0 Å². The Morgan fingerprint density at radius 2 is 1.91 bits per heavy atom. The van der Waals surface area contributed by atoms with Crippen molar-refractivity contribution in [3.05, 3.63) is 29.3 Å². The molecule has 2 amide bonds. The second-order valence-electron chi connectivity index (χ2n) is 5.96. The van der Waals surface area contributed by atoms with E-state index in [1.807, 2.05) is 32.0 Å². The van der Waals surface area contributed by atoms with Crippen molar-refractivity contribution in [3.8, 4) is 5.75 Å². The van der Waals surface area contributed by atoms with Crippen LogP contribution in [0.4, 0.5) is 0 Å². The van der Waals surface area contributed by atoms with Crippen LogP contribution in [0.5, 0.6) is 5.75 Å². The molecule has 1 fully saturated rings. The Morgan fingerprint density at radius 1 is 1.27 bits per heavy atom. The molecule has 5 heteroatoms. The molecule has 2 N–H and O–H groups in total. The van der Waals surface area contributed by atoms with E-state index in [0.29, 0.717) is 25.9 Å². The molecule has 1 aromatic carbocycles. The number of carbonyl (C=O) groups is 2. The number of benzene rings is 1. The first-order chi connectivity index (χ1) is 10.4. The van der Waals surface area contributed by atoms with E-state index < -0.39 is 6.10 Å². The van der Waals surface area contributed by atoms with Crippen LogP contribution in [0.15, 0.2) is 18.2 Å². The number of likely N-dealkylation sites (tertiary alicyclic amines) is 1. The number of hydrogen-bond acceptors (Lipinski definition) is 3. The van der Waals surface area contributed by atoms with Crippen molar-refractivity contribution in [1.82, 2.24) is 4.90 Å². The molecule has 0 unspecified atom stereocenters. The van der Waals surface area contributed by atoms with Crippen molar-refractivity contribution in [2.45, 2.75) is 39.7 Å². The van der Waals surface area contributed by atoms with Crippen molar-refractivity contribution in [2.24, 2.45) is 11.7 Å². The molecule has 1 aliphatic heterocycles. The first kappa shape index (κ1) is 16.3. The lowest BCUT2D eigenvalue weighted by Gasteiger charge is -2.32. The lowest BCUT2D eigenvalue weighted by molar-refractivity contribution is -0.140. The zero-order chi connectivity index (χ0) is 16.3. The normalized spacial score (nSPS) is 17.1. The predicted octanol–water partition coefficient (Wildman–Crippen LogP) is 1.79. The van der Waals surface area contributed by atoms with E-state index in [-0.39, 0.29) is 17.7 Å². The number of ether oxygens (including phenoxy) is 1. The zero-order valence-corrected chi connectivity index (χ0v) is 13.5. The van der Waals surface area contributed by atoms with E-state index >= 15 is 0 Å². The SMILES string of the molecule is Cc1cccc(O[C@@H](C)C(=O)N2CCC(C(N)=O)CC2)c1C. The molecule has 0 saturated carbocycles. The second-order valence-corrected chi connectivity index (χ2v) is 5.96. The average molecular weight is 304 g/mol. The summed E-state index contributed by atoms with van der Waals surface area (Å²) in [7, 11) is 0. The van der Waals surface area contributed by atoms with Gasteiger partial charge in [0.05, 0.1) is 0 Å². The van der Waals surface area contributed by atoms with Crippen molar-refractivity contribution < 1.29 is 14.3 Å². The van der Waals surface area contributed by atoms with Gasteiger partial charge in [-0.15, -0.1) is 0 Å². The Labute approximate surface area is 131 Å². The fourth-order valence-corrected chi connectivity index (χ4v) is 2.73. The fourth-order valence-electron chi connectivity index (χ4n) is 2.73. The summed E-state index contributed by atoms with van der Waals surface area (Å²) in [4.78, 5) is 25.4. The summed E-state index contributed by atoms with van der Waals surface area (Å²) in [5.41, 5.74) is 7.50. The van der Waals surface area contributed by atoms with Gasteiger partial charge >= 0.3 is 0 Å². The largest absolute Gasteiger partial charge is 0.481 e. The Balaban J connectivity index is 1.95. The first-order valence-corrected chi connectivity index (χ1v) is 7.71. The van der Waals surface area contributed by atoms with E-state index in [0.717, 1.165) is 16.9 Å². The van der Waals surface area contributed by atoms with Gasteiger partial charge in [0, 0.05) is 19.0 Å². The number of hydrogen-bond donors (Lipinski definition) is 1. The van der Waals surface area contributed by atoms with E-state index in [1.165, 1.54) is 0 Å². The van der Waals surface area contributed by atoms with Crippen LogP contribution in [0.25, 0.3) is 0 Å². The minimum absolute atomic E-state index is 0.0381. The Kier molecular flexibility index (Phi) is 5.06. The number of piperidine rings is 1. The van der Waals surface area contributed by atoms with Gasteiger partial charge in [-0.25, -0.2) is 0 Å². The maximum Gasteiger partial charge on any atom is 0.263 e. The molecular formula is C17H24N2O3. The third-order valence-corrected chi connectivity index (χ3v) is 4.42. The van der Waals surface area contributed by atoms with Gasteiger partial charge in [0.1, 0.15) is 5.75 Å². The van der Waals surface area contributed by atoms with Gasteiger partial charge in [0.2, 0.25) is 5.91 Å². The molecule has 0 spiro atoms. The summed E-state index contributed by atoms with van der Waals surface area (Å²) in [5, 5.41) is 0. The number of nitrogens with zero attached hydrogens (tertiary/aromatic N) is 1. The minimum atomic E-state index is -0.536. The van der Waals surface area contributed by atoms with Gasteiger partial charge in [-0.1, -0.05) is 12.1 Å². The van der Waals surface area contributed by atoms with Gasteiger partial charge in [0.15, 0.2) is 6.10 Å². The lowest BCUT2D eigenvalue weighted by Crippen LogP contribution is -2.46. The third-order valence-electron chi connectivity index (χ3n) is 4.42. The van der Waals surface area contributed by atoms with Crippen LogP contribution < -0.4 is 10.5 Å². The highest BCUT2D eigenvalue weighted by Gasteiger charge is 2.29. The molecule has 1 aromatic rings. The molecule has 120 valence electrons. The summed E-state index contributed by atoms with van der Waals surface area (Å²) >= 11 is 0. The summed E-state index contributed by atoms with van der Waals surface area (Å²) in [6, 6.07) is 5.82. The van der Waals surface area contributed by atoms with E-state index in [1.54, 1.807) is 11.8 Å². The van der Waals surface area contributed by atoms with Crippen LogP contribution >= 0.6 is 0 Å². The Bertz CT molecular complexity index is 563. The molecular weight excluding hydrogens is 280 g/mol. The summed E-state index contributed by atoms with van der Waals surface area (Å²) in [6.45, 7) is 6.90. The highest BCUT2D eigenvalue weighted by atomic mass is 16.5. The highest BCUT2D eigenvalue weighted by Crippen LogP contribution is 2.23. The number of rotatable bonds is 4. The summed E-state index contributed by atoms with van der Waals surface area (Å²) in [6.07, 6.45) is 0.736. The molecule has 22 heavy (non-hydrogen) atoms. The Hall–Kier alpha value is -2.04. The molecule has 1 atom stereocenters. The fraction of sp³-hybridized carbons (Fsp3) is 0.529. The number of amides is 2. The van der Waals surface area contributed by atoms with Gasteiger partial charge in [0.25, 0.3) is 5.91 Å². The molecule has 0 bridgehead atoms. The topological polar surface area (TPSA) is 72.6 Å². The minimum Gasteiger partial charge on any atom is -0.481 e. The van der Waals surface area contributed by atoms with E-state index in [9.17, 15) is 9.59 Å². The average Bonchev–Trinajstić information content (AvgIpc) is 2.51. The van der Waals surface area contributed by atoms with E-state index in [4.69, 9.17) is 10.5 Å². The number of aryl methyl sites for hydroxylation is 1. The van der Waals surface area contributed by atoms with Crippen LogP contribution in [-0.4, -0.2) is 35.9 Å². The van der Waals surface area contributed by atoms with Gasteiger partial charge in [-0.05, 0) is 50.8 Å². The van der Waals surface area contributed by atoms with E-state index in [2.05, 4.69) is 0 Å². The maximum atomic E-state index is 12.5. The van der Waals surface area contributed by atoms with Gasteiger partial charge in [-0.3, -0.25) is 9.59 Å². The molecule has 0 radical (unpaired) electrons. The molecule has 5 nitrogen and oxygen atoms in total. The molecule has 1 heterocycles. The standard InChI is InChI=1S/C17H24N2O3/c1-11-5-4-6-15(12(11)2)22-13(3)17(21)19-9-7-14(8-10-19)16(18)20/h4-6,13-14H,7-10H2,1-3H3,(H2,18,20)/t13-/m0/s1. The summed E-state index contributed by atoms with van der Waals surface area (Å²) < 4.78 is 5.83. The first-order valence-electron chi connectivity index (χ1n) is 7.71. The molecule has 0 aliphatic carbocycles. The Morgan fingerprint density at radius 3 is 2.50 bits per heavy atom. The van der Waals surface area contributed by atoms with Crippen LogP contribution in [-0.2, 0) is 9.59 Å².